The summed E-state index contributed by atoms with van der Waals surface area (Å²) in [6.45, 7) is -0.624. The lowest BCUT2D eigenvalue weighted by Gasteiger charge is -2.20. The standard InChI is InChI=1S/C14H19N6O10P/c15-14-17-11-10(12(24)18-14)16-4-20(11)8-2-6(21)7(30-8)3-29-31(27,28)19-5(13(25)26)1-9(22)23/h4-8,21H,1-3H2,(H,22,23)(H,25,26)(H2,19,27,28)(H3,15,17,18,24)/t5-,6-,7+,8+/m0/s1. The van der Waals surface area contributed by atoms with Crippen molar-refractivity contribution in [1.29, 1.82) is 0 Å². The van der Waals surface area contributed by atoms with Gasteiger partial charge < -0.3 is 30.7 Å². The molecule has 1 fully saturated rings. The smallest absolute Gasteiger partial charge is 0.403 e. The van der Waals surface area contributed by atoms with Crippen LogP contribution in [-0.2, 0) is 23.4 Å². The van der Waals surface area contributed by atoms with Crippen LogP contribution in [0.1, 0.15) is 19.1 Å². The Kier molecular flexibility index (Phi) is 6.40. The molecular weight excluding hydrogens is 443 g/mol. The van der Waals surface area contributed by atoms with Crippen LogP contribution in [0.5, 0.6) is 0 Å². The number of aliphatic hydroxyl groups excluding tert-OH is 1. The Morgan fingerprint density at radius 3 is 2.84 bits per heavy atom. The number of ether oxygens (including phenoxy) is 1. The molecule has 17 heteroatoms. The first-order valence-corrected chi connectivity index (χ1v) is 10.3. The zero-order valence-electron chi connectivity index (χ0n) is 15.6. The topological polar surface area (TPSA) is 252 Å². The van der Waals surface area contributed by atoms with Crippen molar-refractivity contribution >= 4 is 36.8 Å². The first-order chi connectivity index (χ1) is 14.5. The van der Waals surface area contributed by atoms with Crippen molar-refractivity contribution in [3.05, 3.63) is 16.7 Å². The molecule has 3 heterocycles. The molecule has 0 bridgehead atoms. The van der Waals surface area contributed by atoms with Gasteiger partial charge in [-0.05, 0) is 0 Å². The third-order valence-corrected chi connectivity index (χ3v) is 5.51. The number of fused-ring (bicyclic) bond motifs is 1. The van der Waals surface area contributed by atoms with Gasteiger partial charge in [0.1, 0.15) is 18.4 Å². The lowest BCUT2D eigenvalue weighted by atomic mass is 10.2. The van der Waals surface area contributed by atoms with E-state index in [1.54, 1.807) is 5.09 Å². The van der Waals surface area contributed by atoms with Gasteiger partial charge in [-0.15, -0.1) is 0 Å². The number of carbonyl (C=O) groups is 2. The molecule has 16 nitrogen and oxygen atoms in total. The van der Waals surface area contributed by atoms with Gasteiger partial charge in [0.2, 0.25) is 5.95 Å². The molecule has 0 aliphatic carbocycles. The number of aromatic nitrogens is 4. The molecule has 8 N–H and O–H groups in total. The number of rotatable bonds is 9. The van der Waals surface area contributed by atoms with E-state index < -0.39 is 62.7 Å². The van der Waals surface area contributed by atoms with E-state index in [1.807, 2.05) is 0 Å². The second-order valence-electron chi connectivity index (χ2n) is 6.64. The lowest BCUT2D eigenvalue weighted by molar-refractivity contribution is -0.145. The Morgan fingerprint density at radius 1 is 1.48 bits per heavy atom. The van der Waals surface area contributed by atoms with Crippen LogP contribution in [0.25, 0.3) is 11.2 Å². The van der Waals surface area contributed by atoms with Crippen LogP contribution in [0.15, 0.2) is 11.1 Å². The SMILES string of the molecule is Nc1nc2c(ncn2[C@H]2C[C@H](O)[C@@H](COP(=O)(O)N[C@@H](CC(=O)O)C(=O)O)O2)c(=O)[nH]1. The minimum absolute atomic E-state index is 0.00538. The Bertz CT molecular complexity index is 1100. The van der Waals surface area contributed by atoms with Crippen LogP contribution < -0.4 is 16.4 Å². The van der Waals surface area contributed by atoms with Gasteiger partial charge in [-0.1, -0.05) is 0 Å². The van der Waals surface area contributed by atoms with Crippen molar-refractivity contribution in [3.63, 3.8) is 0 Å². The maximum absolute atomic E-state index is 12.1. The summed E-state index contributed by atoms with van der Waals surface area (Å²) in [5.74, 6) is -3.32. The molecule has 2 aromatic heterocycles. The van der Waals surface area contributed by atoms with Crippen LogP contribution in [0.4, 0.5) is 5.95 Å². The maximum atomic E-state index is 12.1. The molecule has 3 rings (SSSR count). The molecule has 0 spiro atoms. The number of nitrogen functional groups attached to an aromatic ring is 1. The first kappa shape index (κ1) is 22.8. The molecule has 5 atom stereocenters. The Balaban J connectivity index is 1.67. The van der Waals surface area contributed by atoms with Crippen molar-refractivity contribution in [1.82, 2.24) is 24.6 Å². The highest BCUT2D eigenvalue weighted by molar-refractivity contribution is 7.50. The van der Waals surface area contributed by atoms with Gasteiger partial charge in [-0.25, -0.2) is 14.6 Å². The number of aliphatic carboxylic acids is 2. The van der Waals surface area contributed by atoms with Gasteiger partial charge in [0.05, 0.1) is 25.5 Å². The van der Waals surface area contributed by atoms with E-state index in [2.05, 4.69) is 15.0 Å². The van der Waals surface area contributed by atoms with Gasteiger partial charge in [0, 0.05) is 6.42 Å². The molecule has 1 aliphatic heterocycles. The van der Waals surface area contributed by atoms with E-state index in [0.717, 1.165) is 0 Å². The number of hydrogen-bond donors (Lipinski definition) is 7. The Labute approximate surface area is 172 Å². The summed E-state index contributed by atoms with van der Waals surface area (Å²) >= 11 is 0. The van der Waals surface area contributed by atoms with E-state index >= 15 is 0 Å². The third-order valence-electron chi connectivity index (χ3n) is 4.37. The predicted molar refractivity (Wildman–Crippen MR) is 99.7 cm³/mol. The molecule has 0 saturated carbocycles. The molecular formula is C14H19N6O10P. The molecule has 1 aliphatic rings. The summed E-state index contributed by atoms with van der Waals surface area (Å²) in [7, 11) is -4.75. The summed E-state index contributed by atoms with van der Waals surface area (Å²) < 4.78 is 23.8. The fourth-order valence-electron chi connectivity index (χ4n) is 2.96. The van der Waals surface area contributed by atoms with Gasteiger partial charge >= 0.3 is 19.7 Å². The number of H-pyrrole nitrogens is 1. The monoisotopic (exact) mass is 462 g/mol. The summed E-state index contributed by atoms with van der Waals surface area (Å²) in [6.07, 6.45) is -2.82. The normalized spacial score (nSPS) is 24.1. The zero-order chi connectivity index (χ0) is 22.9. The number of carboxylic acids is 2. The summed E-state index contributed by atoms with van der Waals surface area (Å²) in [5, 5.41) is 29.6. The number of aliphatic hydroxyl groups is 1. The second-order valence-corrected chi connectivity index (χ2v) is 8.20. The number of anilines is 1. The van der Waals surface area contributed by atoms with E-state index in [9.17, 15) is 28.9 Å². The van der Waals surface area contributed by atoms with E-state index in [-0.39, 0.29) is 23.5 Å². The highest BCUT2D eigenvalue weighted by atomic mass is 31.2. The number of carboxylic acid groups (broad SMARTS) is 2. The first-order valence-electron chi connectivity index (χ1n) is 8.72. The van der Waals surface area contributed by atoms with Crippen LogP contribution in [0, 0.1) is 0 Å². The third kappa shape index (κ3) is 5.25. The van der Waals surface area contributed by atoms with Crippen molar-refractivity contribution in [2.45, 2.75) is 37.3 Å². The molecule has 1 saturated heterocycles. The molecule has 0 aromatic carbocycles. The average molecular weight is 462 g/mol. The Hall–Kier alpha value is -2.88. The molecule has 0 radical (unpaired) electrons. The number of nitrogens with two attached hydrogens (primary N) is 1. The van der Waals surface area contributed by atoms with Crippen molar-refractivity contribution in [2.75, 3.05) is 12.3 Å². The van der Waals surface area contributed by atoms with Crippen LogP contribution >= 0.6 is 7.75 Å². The summed E-state index contributed by atoms with van der Waals surface area (Å²) in [4.78, 5) is 53.6. The van der Waals surface area contributed by atoms with E-state index in [4.69, 9.17) is 25.2 Å². The summed E-state index contributed by atoms with van der Waals surface area (Å²) in [6, 6.07) is -1.87. The van der Waals surface area contributed by atoms with Gasteiger partial charge in [0.25, 0.3) is 5.56 Å². The number of imidazole rings is 1. The molecule has 31 heavy (non-hydrogen) atoms. The van der Waals surface area contributed by atoms with Crippen LogP contribution in [0.2, 0.25) is 0 Å². The minimum Gasteiger partial charge on any atom is -0.481 e. The number of aromatic amines is 1. The molecule has 0 amide bonds. The van der Waals surface area contributed by atoms with Gasteiger partial charge in [-0.2, -0.15) is 4.98 Å². The van der Waals surface area contributed by atoms with Crippen molar-refractivity contribution in [3.8, 4) is 0 Å². The maximum Gasteiger partial charge on any atom is 0.403 e. The quantitative estimate of drug-likeness (QED) is 0.199. The fraction of sp³-hybridized carbons (Fsp3) is 0.500. The Morgan fingerprint density at radius 2 is 2.19 bits per heavy atom. The van der Waals surface area contributed by atoms with Gasteiger partial charge in [-0.3, -0.25) is 28.5 Å². The molecule has 2 aromatic rings. The van der Waals surface area contributed by atoms with Gasteiger partial charge in [0.15, 0.2) is 11.2 Å². The lowest BCUT2D eigenvalue weighted by Crippen LogP contribution is -2.37. The number of nitrogens with zero attached hydrogens (tertiary/aromatic N) is 3. The molecule has 1 unspecified atom stereocenters. The largest absolute Gasteiger partial charge is 0.481 e. The predicted octanol–water partition coefficient (Wildman–Crippen LogP) is -2.02. The average Bonchev–Trinajstić information content (AvgIpc) is 3.22. The minimum atomic E-state index is -4.75. The number of hydrogen-bond acceptors (Lipinski definition) is 10. The van der Waals surface area contributed by atoms with Crippen LogP contribution in [0.3, 0.4) is 0 Å². The zero-order valence-corrected chi connectivity index (χ0v) is 16.5. The highest BCUT2D eigenvalue weighted by Gasteiger charge is 2.38. The van der Waals surface area contributed by atoms with E-state index in [1.165, 1.54) is 10.9 Å². The number of nitrogens with one attached hydrogen (secondary N) is 2. The highest BCUT2D eigenvalue weighted by Crippen LogP contribution is 2.40. The fourth-order valence-corrected chi connectivity index (χ4v) is 3.98. The second kappa shape index (κ2) is 8.70. The van der Waals surface area contributed by atoms with Crippen molar-refractivity contribution < 1.29 is 43.6 Å². The summed E-state index contributed by atoms with van der Waals surface area (Å²) in [5.41, 5.74) is 5.06. The molecule has 170 valence electrons. The van der Waals surface area contributed by atoms with E-state index in [0.29, 0.717) is 0 Å². The van der Waals surface area contributed by atoms with Crippen molar-refractivity contribution in [2.24, 2.45) is 0 Å². The van der Waals surface area contributed by atoms with Crippen LogP contribution in [-0.4, -0.2) is 76.5 Å².